The van der Waals surface area contributed by atoms with Gasteiger partial charge < -0.3 is 20.1 Å². The van der Waals surface area contributed by atoms with Gasteiger partial charge in [0.25, 0.3) is 0 Å². The number of benzene rings is 3. The summed E-state index contributed by atoms with van der Waals surface area (Å²) in [4.78, 5) is 15.6. The van der Waals surface area contributed by atoms with Gasteiger partial charge in [-0.3, -0.25) is 0 Å². The SMILES string of the molecule is Cc1cc(C(=O)O)cc2c1n[c-]n2Cc1ccc(-c2ccccc2)cc1.O.[Pr]. The zero-order chi connectivity index (χ0) is 18.1. The van der Waals surface area contributed by atoms with Crippen molar-refractivity contribution in [3.8, 4) is 11.1 Å². The number of carboxylic acid groups (broad SMARTS) is 1. The second kappa shape index (κ2) is 9.42. The number of hydrogen-bond donors (Lipinski definition) is 1. The van der Waals surface area contributed by atoms with Crippen LogP contribution in [0.2, 0.25) is 0 Å². The summed E-state index contributed by atoms with van der Waals surface area (Å²) in [5, 5.41) is 9.29. The van der Waals surface area contributed by atoms with Crippen molar-refractivity contribution in [2.45, 2.75) is 13.5 Å². The maximum atomic E-state index is 11.3. The second-order valence-corrected chi connectivity index (χ2v) is 6.33. The molecule has 5 nitrogen and oxygen atoms in total. The van der Waals surface area contributed by atoms with Crippen LogP contribution in [0.1, 0.15) is 21.5 Å². The Hall–Kier alpha value is -2.08. The van der Waals surface area contributed by atoms with Crippen molar-refractivity contribution < 1.29 is 56.7 Å². The Kier molecular flexibility index (Phi) is 7.47. The molecule has 1 aromatic heterocycles. The van der Waals surface area contributed by atoms with Gasteiger partial charge in [-0.2, -0.15) is 0 Å². The summed E-state index contributed by atoms with van der Waals surface area (Å²) in [6.07, 6.45) is 2.99. The fourth-order valence-corrected chi connectivity index (χ4v) is 3.14. The second-order valence-electron chi connectivity index (χ2n) is 6.33. The Balaban J connectivity index is 0.00000140. The fourth-order valence-electron chi connectivity index (χ4n) is 3.14. The molecule has 0 aliphatic rings. The van der Waals surface area contributed by atoms with Crippen LogP contribution in [0.5, 0.6) is 0 Å². The molecule has 3 N–H and O–H groups in total. The smallest absolute Gasteiger partial charge is 0.334 e. The quantitative estimate of drug-likeness (QED) is 0.434. The molecule has 0 spiro atoms. The normalized spacial score (nSPS) is 10.2. The molecule has 0 unspecified atom stereocenters. The van der Waals surface area contributed by atoms with Gasteiger partial charge in [-0.05, 0) is 16.7 Å². The molecule has 28 heavy (non-hydrogen) atoms. The van der Waals surface area contributed by atoms with E-state index in [2.05, 4.69) is 47.7 Å². The maximum absolute atomic E-state index is 11.3. The molecule has 4 aromatic rings. The van der Waals surface area contributed by atoms with E-state index in [0.29, 0.717) is 6.54 Å². The first kappa shape index (κ1) is 22.2. The number of hydrogen-bond acceptors (Lipinski definition) is 2. The number of rotatable bonds is 4. The monoisotopic (exact) mass is 500 g/mol. The molecule has 0 saturated heterocycles. The Morgan fingerprint density at radius 1 is 1.04 bits per heavy atom. The molecule has 1 radical (unpaired) electrons. The molecule has 1 heterocycles. The maximum Gasteiger partial charge on any atom is 0.334 e. The zero-order valence-corrected chi connectivity index (χ0v) is 19.1. The predicted octanol–water partition coefficient (Wildman–Crippen LogP) is 3.73. The molecule has 3 aromatic carbocycles. The number of nitrogens with zero attached hydrogens (tertiary/aromatic N) is 2. The van der Waals surface area contributed by atoms with Crippen LogP contribution < -0.4 is 0 Å². The minimum Gasteiger partial charge on any atom is -0.478 e. The summed E-state index contributed by atoms with van der Waals surface area (Å²) in [5.41, 5.74) is 6.14. The summed E-state index contributed by atoms with van der Waals surface area (Å²) in [5.74, 6) is -0.935. The van der Waals surface area contributed by atoms with E-state index in [1.165, 1.54) is 5.56 Å². The molecule has 0 saturated carbocycles. The summed E-state index contributed by atoms with van der Waals surface area (Å²) in [7, 11) is 0. The molecule has 0 atom stereocenters. The van der Waals surface area contributed by atoms with E-state index >= 15 is 0 Å². The predicted molar refractivity (Wildman–Crippen MR) is 105 cm³/mol. The fraction of sp³-hybridized carbons (Fsp3) is 0.0909. The standard InChI is InChI=1S/C22H17N2O2.H2O.Pr/c1-15-11-19(22(25)26)12-20-21(15)23-14-24(20)13-16-7-9-18(10-8-16)17-5-3-2-4-6-17;;/h2-12H,13H2,1H3,(H,25,26);1H2;/q-1;;. The van der Waals surface area contributed by atoms with Gasteiger partial charge in [-0.25, -0.2) is 4.79 Å². The largest absolute Gasteiger partial charge is 0.478 e. The van der Waals surface area contributed by atoms with Gasteiger partial charge in [0, 0.05) is 59.7 Å². The first-order valence-corrected chi connectivity index (χ1v) is 8.38. The number of carbonyl (C=O) groups is 1. The minimum absolute atomic E-state index is 0. The minimum atomic E-state index is -0.935. The van der Waals surface area contributed by atoms with Crippen molar-refractivity contribution in [2.75, 3.05) is 0 Å². The van der Waals surface area contributed by atoms with Crippen molar-refractivity contribution in [1.29, 1.82) is 0 Å². The van der Waals surface area contributed by atoms with Crippen molar-refractivity contribution >= 4 is 17.0 Å². The van der Waals surface area contributed by atoms with Gasteiger partial charge in [0.1, 0.15) is 0 Å². The van der Waals surface area contributed by atoms with Gasteiger partial charge >= 0.3 is 5.97 Å². The molecule has 0 aliphatic carbocycles. The van der Waals surface area contributed by atoms with Crippen molar-refractivity contribution in [1.82, 2.24) is 9.55 Å². The van der Waals surface area contributed by atoms with E-state index in [1.807, 2.05) is 29.7 Å². The van der Waals surface area contributed by atoms with E-state index in [4.69, 9.17) is 0 Å². The molecular weight excluding hydrogens is 481 g/mol. The van der Waals surface area contributed by atoms with Crippen molar-refractivity contribution in [2.24, 2.45) is 0 Å². The first-order valence-electron chi connectivity index (χ1n) is 8.38. The summed E-state index contributed by atoms with van der Waals surface area (Å²) < 4.78 is 1.87. The molecule has 139 valence electrons. The van der Waals surface area contributed by atoms with Crippen LogP contribution in [0.4, 0.5) is 0 Å². The molecular formula is C22H19N2O3Pr-. The Morgan fingerprint density at radius 2 is 1.68 bits per heavy atom. The van der Waals surface area contributed by atoms with Crippen LogP contribution >= 0.6 is 0 Å². The Labute approximate surface area is 196 Å². The average Bonchev–Trinajstić information content (AvgIpc) is 3.06. The topological polar surface area (TPSA) is 86.6 Å². The summed E-state index contributed by atoms with van der Waals surface area (Å²) in [6, 6.07) is 21.9. The molecule has 0 bridgehead atoms. The van der Waals surface area contributed by atoms with Crippen LogP contribution in [0.15, 0.2) is 66.7 Å². The molecule has 0 fully saturated rings. The van der Waals surface area contributed by atoms with Crippen LogP contribution in [-0.2, 0) is 6.54 Å². The third kappa shape index (κ3) is 4.49. The van der Waals surface area contributed by atoms with Gasteiger partial charge in [0.05, 0.1) is 0 Å². The molecule has 0 aliphatic heterocycles. The summed E-state index contributed by atoms with van der Waals surface area (Å²) in [6.45, 7) is 2.46. The van der Waals surface area contributed by atoms with E-state index < -0.39 is 5.97 Å². The van der Waals surface area contributed by atoms with Gasteiger partial charge in [0.15, 0.2) is 0 Å². The van der Waals surface area contributed by atoms with Crippen molar-refractivity contribution in [3.63, 3.8) is 0 Å². The molecule has 0 amide bonds. The first-order chi connectivity index (χ1) is 12.6. The van der Waals surface area contributed by atoms with Gasteiger partial charge in [-0.1, -0.05) is 90.3 Å². The van der Waals surface area contributed by atoms with E-state index in [0.717, 1.165) is 27.7 Å². The van der Waals surface area contributed by atoms with E-state index in [-0.39, 0.29) is 52.3 Å². The molecule has 6 heteroatoms. The number of imidazole rings is 1. The van der Waals surface area contributed by atoms with Crippen LogP contribution in [0.3, 0.4) is 0 Å². The third-order valence-electron chi connectivity index (χ3n) is 4.50. The number of aryl methyl sites for hydroxylation is 1. The number of carboxylic acids is 1. The van der Waals surface area contributed by atoms with E-state index in [9.17, 15) is 9.90 Å². The zero-order valence-electron chi connectivity index (χ0n) is 15.4. The Morgan fingerprint density at radius 3 is 2.32 bits per heavy atom. The van der Waals surface area contributed by atoms with Crippen LogP contribution in [0.25, 0.3) is 22.2 Å². The van der Waals surface area contributed by atoms with Crippen LogP contribution in [-0.4, -0.2) is 26.1 Å². The third-order valence-corrected chi connectivity index (χ3v) is 4.50. The summed E-state index contributed by atoms with van der Waals surface area (Å²) >= 11 is 0. The van der Waals surface area contributed by atoms with Crippen LogP contribution in [0, 0.1) is 54.5 Å². The number of fused-ring (bicyclic) bond motifs is 1. The number of aromatic nitrogens is 2. The van der Waals surface area contributed by atoms with Crippen molar-refractivity contribution in [3.05, 3.63) is 89.7 Å². The molecule has 4 rings (SSSR count). The average molecular weight is 500 g/mol. The van der Waals surface area contributed by atoms with Gasteiger partial charge in [-0.15, -0.1) is 0 Å². The Bertz CT molecular complexity index is 1090. The van der Waals surface area contributed by atoms with E-state index in [1.54, 1.807) is 12.1 Å². The number of aromatic carboxylic acids is 1. The van der Waals surface area contributed by atoms with Gasteiger partial charge in [0.2, 0.25) is 0 Å².